The molecule has 1 aliphatic heterocycles. The van der Waals surface area contributed by atoms with Crippen molar-refractivity contribution in [1.82, 2.24) is 14.9 Å². The van der Waals surface area contributed by atoms with Crippen LogP contribution in [0.4, 0.5) is 0 Å². The van der Waals surface area contributed by atoms with Gasteiger partial charge >= 0.3 is 0 Å². The minimum atomic E-state index is -0.0316. The number of H-pyrrole nitrogens is 1. The molecule has 4 rings (SSSR count). The number of hydrogen-bond donors (Lipinski definition) is 1. The van der Waals surface area contributed by atoms with Gasteiger partial charge in [-0.15, -0.1) is 0 Å². The van der Waals surface area contributed by atoms with Crippen LogP contribution in [0.3, 0.4) is 0 Å². The van der Waals surface area contributed by atoms with Gasteiger partial charge in [-0.05, 0) is 49.2 Å². The van der Waals surface area contributed by atoms with Gasteiger partial charge in [-0.1, -0.05) is 23.7 Å². The maximum absolute atomic E-state index is 12.7. The highest BCUT2D eigenvalue weighted by Crippen LogP contribution is 2.27. The highest BCUT2D eigenvalue weighted by molar-refractivity contribution is 6.30. The van der Waals surface area contributed by atoms with Crippen LogP contribution < -0.4 is 0 Å². The fraction of sp³-hybridized carbons (Fsp3) is 0.318. The average molecular weight is 396 g/mol. The van der Waals surface area contributed by atoms with Gasteiger partial charge in [-0.2, -0.15) is 0 Å². The van der Waals surface area contributed by atoms with Crippen LogP contribution in [0.15, 0.2) is 48.5 Å². The second-order valence-electron chi connectivity index (χ2n) is 7.25. The number of nitrogens with one attached hydrogen (secondary N) is 1. The van der Waals surface area contributed by atoms with Gasteiger partial charge in [0.15, 0.2) is 5.78 Å². The Bertz CT molecular complexity index is 963. The molecule has 2 aromatic carbocycles. The van der Waals surface area contributed by atoms with E-state index < -0.39 is 0 Å². The molecule has 6 heteroatoms. The van der Waals surface area contributed by atoms with Gasteiger partial charge in [-0.3, -0.25) is 9.59 Å². The molecule has 1 atom stereocenters. The van der Waals surface area contributed by atoms with Gasteiger partial charge < -0.3 is 9.88 Å². The van der Waals surface area contributed by atoms with Crippen molar-refractivity contribution < 1.29 is 9.59 Å². The molecule has 1 aliphatic rings. The van der Waals surface area contributed by atoms with Gasteiger partial charge in [-0.25, -0.2) is 4.98 Å². The number of aromatic amines is 1. The Labute approximate surface area is 168 Å². The first-order valence-corrected chi connectivity index (χ1v) is 9.99. The summed E-state index contributed by atoms with van der Waals surface area (Å²) < 4.78 is 0. The second-order valence-corrected chi connectivity index (χ2v) is 7.68. The molecule has 3 aromatic rings. The highest BCUT2D eigenvalue weighted by atomic mass is 35.5. The number of benzene rings is 2. The van der Waals surface area contributed by atoms with Crippen LogP contribution in [0, 0.1) is 0 Å². The van der Waals surface area contributed by atoms with Gasteiger partial charge in [0.05, 0.1) is 11.0 Å². The zero-order chi connectivity index (χ0) is 19.5. The Kier molecular flexibility index (Phi) is 5.44. The summed E-state index contributed by atoms with van der Waals surface area (Å²) in [4.78, 5) is 34.9. The van der Waals surface area contributed by atoms with Crippen molar-refractivity contribution in [2.24, 2.45) is 0 Å². The van der Waals surface area contributed by atoms with Gasteiger partial charge in [0.2, 0.25) is 5.91 Å². The van der Waals surface area contributed by atoms with Crippen molar-refractivity contribution in [3.8, 4) is 0 Å². The van der Waals surface area contributed by atoms with Crippen molar-refractivity contribution in [1.29, 1.82) is 0 Å². The van der Waals surface area contributed by atoms with Crippen molar-refractivity contribution in [3.63, 3.8) is 0 Å². The first kappa shape index (κ1) is 18.7. The minimum absolute atomic E-state index is 0.0307. The Morgan fingerprint density at radius 3 is 2.68 bits per heavy atom. The number of nitrogens with zero attached hydrogens (tertiary/aromatic N) is 2. The summed E-state index contributed by atoms with van der Waals surface area (Å²) in [5.74, 6) is 1.15. The smallest absolute Gasteiger partial charge is 0.223 e. The van der Waals surface area contributed by atoms with Gasteiger partial charge in [0.25, 0.3) is 0 Å². The summed E-state index contributed by atoms with van der Waals surface area (Å²) >= 11 is 5.86. The molecule has 28 heavy (non-hydrogen) atoms. The molecule has 1 aromatic heterocycles. The van der Waals surface area contributed by atoms with Crippen molar-refractivity contribution in [2.75, 3.05) is 13.1 Å². The second kappa shape index (κ2) is 8.15. The number of Topliss-reactive ketones (excluding diaryl/α,β-unsaturated/α-hetero) is 1. The van der Waals surface area contributed by atoms with Gasteiger partial charge in [0.1, 0.15) is 5.82 Å². The predicted molar refractivity (Wildman–Crippen MR) is 110 cm³/mol. The molecule has 0 spiro atoms. The number of hydrogen-bond acceptors (Lipinski definition) is 3. The largest absolute Gasteiger partial charge is 0.342 e. The molecule has 0 aliphatic carbocycles. The van der Waals surface area contributed by atoms with Crippen molar-refractivity contribution in [2.45, 2.75) is 31.6 Å². The van der Waals surface area contributed by atoms with E-state index in [-0.39, 0.29) is 30.4 Å². The number of ketones is 1. The molecule has 0 bridgehead atoms. The maximum atomic E-state index is 12.7. The van der Waals surface area contributed by atoms with Crippen LogP contribution in [0.25, 0.3) is 11.0 Å². The quantitative estimate of drug-likeness (QED) is 0.643. The molecule has 1 amide bonds. The number of carbonyl (C=O) groups excluding carboxylic acids is 2. The number of aromatic nitrogens is 2. The molecule has 1 N–H and O–H groups in total. The molecule has 0 radical (unpaired) electrons. The van der Waals surface area contributed by atoms with E-state index in [1.807, 2.05) is 29.2 Å². The standard InChI is InChI=1S/C22H22ClN3O2/c23-17-9-7-15(8-10-17)20(27)11-12-21(28)26-13-3-4-16(14-26)22-24-18-5-1-2-6-19(18)25-22/h1-2,5-10,16H,3-4,11-14H2,(H,24,25). The van der Waals surface area contributed by atoms with E-state index in [0.717, 1.165) is 36.2 Å². The van der Waals surface area contributed by atoms with Crippen LogP contribution in [-0.2, 0) is 4.79 Å². The molecule has 1 saturated heterocycles. The monoisotopic (exact) mass is 395 g/mol. The number of halogens is 1. The normalized spacial score (nSPS) is 17.0. The van der Waals surface area contributed by atoms with Crippen molar-refractivity contribution in [3.05, 3.63) is 64.9 Å². The molecular formula is C22H22ClN3O2. The van der Waals surface area contributed by atoms with Crippen molar-refractivity contribution >= 4 is 34.3 Å². The fourth-order valence-electron chi connectivity index (χ4n) is 3.75. The van der Waals surface area contributed by atoms with Crippen LogP contribution >= 0.6 is 11.6 Å². The summed E-state index contributed by atoms with van der Waals surface area (Å²) in [5.41, 5.74) is 2.57. The lowest BCUT2D eigenvalue weighted by atomic mass is 9.96. The molecule has 0 saturated carbocycles. The van der Waals surface area contributed by atoms with Crippen LogP contribution in [-0.4, -0.2) is 39.6 Å². The number of carbonyl (C=O) groups is 2. The number of likely N-dealkylation sites (tertiary alicyclic amines) is 1. The summed E-state index contributed by atoms with van der Waals surface area (Å²) in [6, 6.07) is 14.8. The number of amides is 1. The third-order valence-corrected chi connectivity index (χ3v) is 5.55. The van der Waals surface area contributed by atoms with E-state index in [2.05, 4.69) is 4.98 Å². The zero-order valence-corrected chi connectivity index (χ0v) is 16.3. The van der Waals surface area contributed by atoms with E-state index in [4.69, 9.17) is 16.6 Å². The first-order valence-electron chi connectivity index (χ1n) is 9.61. The highest BCUT2D eigenvalue weighted by Gasteiger charge is 2.27. The van der Waals surface area contributed by atoms with Gasteiger partial charge in [0, 0.05) is 42.4 Å². The lowest BCUT2D eigenvalue weighted by Gasteiger charge is -2.32. The Morgan fingerprint density at radius 2 is 1.89 bits per heavy atom. The topological polar surface area (TPSA) is 66.1 Å². The molecule has 5 nitrogen and oxygen atoms in total. The number of imidazole rings is 1. The maximum Gasteiger partial charge on any atom is 0.223 e. The predicted octanol–water partition coefficient (Wildman–Crippen LogP) is 4.59. The third-order valence-electron chi connectivity index (χ3n) is 5.30. The SMILES string of the molecule is O=C(CCC(=O)N1CCCC(c2nc3ccccc3[nH]2)C1)c1ccc(Cl)cc1. The minimum Gasteiger partial charge on any atom is -0.342 e. The summed E-state index contributed by atoms with van der Waals surface area (Å²) in [6.07, 6.45) is 2.40. The number of fused-ring (bicyclic) bond motifs is 1. The number of para-hydroxylation sites is 2. The van der Waals surface area contributed by atoms with E-state index in [1.54, 1.807) is 24.3 Å². The van der Waals surface area contributed by atoms with E-state index in [9.17, 15) is 9.59 Å². The zero-order valence-electron chi connectivity index (χ0n) is 15.5. The molecule has 2 heterocycles. The van der Waals surface area contributed by atoms with Crippen LogP contribution in [0.1, 0.15) is 47.8 Å². The Morgan fingerprint density at radius 1 is 1.11 bits per heavy atom. The van der Waals surface area contributed by atoms with Crippen LogP contribution in [0.5, 0.6) is 0 Å². The fourth-order valence-corrected chi connectivity index (χ4v) is 3.88. The molecule has 144 valence electrons. The average Bonchev–Trinajstić information content (AvgIpc) is 3.17. The van der Waals surface area contributed by atoms with E-state index >= 15 is 0 Å². The lowest BCUT2D eigenvalue weighted by Crippen LogP contribution is -2.39. The molecule has 1 unspecified atom stereocenters. The Hall–Kier alpha value is -2.66. The Balaban J connectivity index is 1.36. The number of rotatable bonds is 5. The van der Waals surface area contributed by atoms with E-state index in [0.29, 0.717) is 17.1 Å². The third kappa shape index (κ3) is 4.09. The molecular weight excluding hydrogens is 374 g/mol. The first-order chi connectivity index (χ1) is 13.6. The lowest BCUT2D eigenvalue weighted by molar-refractivity contribution is -0.132. The van der Waals surface area contributed by atoms with Crippen LogP contribution in [0.2, 0.25) is 5.02 Å². The summed E-state index contributed by atoms with van der Waals surface area (Å²) in [7, 11) is 0. The summed E-state index contributed by atoms with van der Waals surface area (Å²) in [5, 5.41) is 0.595. The molecule has 1 fully saturated rings. The number of piperidine rings is 1. The van der Waals surface area contributed by atoms with E-state index in [1.165, 1.54) is 0 Å². The summed E-state index contributed by atoms with van der Waals surface area (Å²) in [6.45, 7) is 1.39.